The molecule has 0 aliphatic heterocycles. The Bertz CT molecular complexity index is 547. The summed E-state index contributed by atoms with van der Waals surface area (Å²) >= 11 is 0. The molecule has 6 nitrogen and oxygen atoms in total. The third-order valence-corrected chi connectivity index (χ3v) is 2.49. The fraction of sp³-hybridized carbons (Fsp3) is 0.400. The van der Waals surface area contributed by atoms with Crippen LogP contribution in [-0.4, -0.2) is 29.8 Å². The molecule has 0 aliphatic rings. The third-order valence-electron chi connectivity index (χ3n) is 2.49. The Kier molecular flexibility index (Phi) is 5.46. The Morgan fingerprint density at radius 3 is 2.29 bits per heavy atom. The van der Waals surface area contributed by atoms with Gasteiger partial charge in [0, 0.05) is 16.8 Å². The Morgan fingerprint density at radius 1 is 1.10 bits per heavy atom. The molecule has 3 amide bonds. The quantitative estimate of drug-likeness (QED) is 0.740. The third kappa shape index (κ3) is 6.07. The zero-order valence-corrected chi connectivity index (χ0v) is 12.7. The van der Waals surface area contributed by atoms with Crippen molar-refractivity contribution >= 4 is 23.4 Å². The van der Waals surface area contributed by atoms with Crippen LogP contribution in [-0.2, 0) is 4.79 Å². The van der Waals surface area contributed by atoms with E-state index in [0.717, 1.165) is 0 Å². The van der Waals surface area contributed by atoms with Gasteiger partial charge in [0.05, 0.1) is 6.54 Å². The molecule has 0 heterocycles. The van der Waals surface area contributed by atoms with Crippen LogP contribution in [0.3, 0.4) is 0 Å². The van der Waals surface area contributed by atoms with Gasteiger partial charge in [0.15, 0.2) is 5.78 Å². The number of carbonyl (C=O) groups is 3. The molecule has 1 aromatic rings. The summed E-state index contributed by atoms with van der Waals surface area (Å²) in [4.78, 5) is 34.6. The smallest absolute Gasteiger partial charge is 0.321 e. The van der Waals surface area contributed by atoms with Crippen molar-refractivity contribution in [3.05, 3.63) is 29.8 Å². The molecule has 3 N–H and O–H groups in total. The summed E-state index contributed by atoms with van der Waals surface area (Å²) in [6.07, 6.45) is 0. The normalized spacial score (nSPS) is 10.7. The first-order valence-corrected chi connectivity index (χ1v) is 6.65. The number of amides is 3. The van der Waals surface area contributed by atoms with E-state index < -0.39 is 17.5 Å². The second-order valence-electron chi connectivity index (χ2n) is 5.71. The van der Waals surface area contributed by atoms with Gasteiger partial charge in [-0.15, -0.1) is 0 Å². The molecule has 0 aromatic heterocycles. The number of hydrogen-bond donors (Lipinski definition) is 3. The molecular weight excluding hydrogens is 270 g/mol. The number of para-hydroxylation sites is 1. The highest BCUT2D eigenvalue weighted by Gasteiger charge is 2.15. The van der Waals surface area contributed by atoms with Crippen molar-refractivity contribution in [2.24, 2.45) is 0 Å². The number of benzene rings is 1. The molecule has 6 heteroatoms. The lowest BCUT2D eigenvalue weighted by Gasteiger charge is -2.20. The average molecular weight is 291 g/mol. The summed E-state index contributed by atoms with van der Waals surface area (Å²) in [5.74, 6) is -0.570. The van der Waals surface area contributed by atoms with Crippen LogP contribution in [0.15, 0.2) is 24.3 Å². The van der Waals surface area contributed by atoms with E-state index in [4.69, 9.17) is 0 Å². The van der Waals surface area contributed by atoms with Crippen molar-refractivity contribution in [3.8, 4) is 0 Å². The standard InChI is InChI=1S/C15H21N3O3/c1-10(19)11-7-5-6-8-12(11)16-9-13(20)17-14(21)18-15(2,3)4/h5-8,16H,9H2,1-4H3,(H2,17,18,20,21). The number of ketones is 1. The van der Waals surface area contributed by atoms with Gasteiger partial charge < -0.3 is 10.6 Å². The summed E-state index contributed by atoms with van der Waals surface area (Å²) in [7, 11) is 0. The van der Waals surface area contributed by atoms with Crippen LogP contribution in [0.2, 0.25) is 0 Å². The van der Waals surface area contributed by atoms with E-state index >= 15 is 0 Å². The minimum absolute atomic E-state index is 0.0935. The highest BCUT2D eigenvalue weighted by molar-refractivity contribution is 6.01. The van der Waals surface area contributed by atoms with Crippen molar-refractivity contribution in [1.29, 1.82) is 0 Å². The maximum Gasteiger partial charge on any atom is 0.321 e. The number of Topliss-reactive ketones (excluding diaryl/α,β-unsaturated/α-hetero) is 1. The fourth-order valence-corrected chi connectivity index (χ4v) is 1.66. The van der Waals surface area contributed by atoms with E-state index in [1.54, 1.807) is 24.3 Å². The molecule has 0 radical (unpaired) electrons. The monoisotopic (exact) mass is 291 g/mol. The van der Waals surface area contributed by atoms with E-state index in [-0.39, 0.29) is 12.3 Å². The number of imide groups is 1. The Morgan fingerprint density at radius 2 is 1.71 bits per heavy atom. The first-order chi connectivity index (χ1) is 9.69. The Balaban J connectivity index is 2.54. The molecular formula is C15H21N3O3. The van der Waals surface area contributed by atoms with Gasteiger partial charge in [-0.3, -0.25) is 14.9 Å². The predicted octanol–water partition coefficient (Wildman–Crippen LogP) is 1.93. The summed E-state index contributed by atoms with van der Waals surface area (Å²) in [6.45, 7) is 6.81. The Hall–Kier alpha value is -2.37. The number of urea groups is 1. The van der Waals surface area contributed by atoms with Crippen LogP contribution in [0.5, 0.6) is 0 Å². The molecule has 0 saturated heterocycles. The summed E-state index contributed by atoms with van der Waals surface area (Å²) < 4.78 is 0. The van der Waals surface area contributed by atoms with E-state index in [2.05, 4.69) is 16.0 Å². The van der Waals surface area contributed by atoms with E-state index in [1.807, 2.05) is 20.8 Å². The largest absolute Gasteiger partial charge is 0.376 e. The summed E-state index contributed by atoms with van der Waals surface area (Å²) in [6, 6.07) is 6.35. The Labute approximate surface area is 124 Å². The van der Waals surface area contributed by atoms with E-state index in [9.17, 15) is 14.4 Å². The molecule has 114 valence electrons. The second kappa shape index (κ2) is 6.88. The fourth-order valence-electron chi connectivity index (χ4n) is 1.66. The molecule has 0 atom stereocenters. The van der Waals surface area contributed by atoms with Crippen molar-refractivity contribution in [1.82, 2.24) is 10.6 Å². The molecule has 0 spiro atoms. The molecule has 0 aliphatic carbocycles. The molecule has 0 bridgehead atoms. The van der Waals surface area contributed by atoms with E-state index in [0.29, 0.717) is 11.3 Å². The maximum atomic E-state index is 11.7. The van der Waals surface area contributed by atoms with Gasteiger partial charge in [0.2, 0.25) is 5.91 Å². The number of anilines is 1. The van der Waals surface area contributed by atoms with Crippen molar-refractivity contribution in [2.75, 3.05) is 11.9 Å². The maximum absolute atomic E-state index is 11.7. The zero-order valence-electron chi connectivity index (χ0n) is 12.7. The molecule has 1 aromatic carbocycles. The van der Waals surface area contributed by atoms with Crippen molar-refractivity contribution in [2.45, 2.75) is 33.2 Å². The van der Waals surface area contributed by atoms with Crippen LogP contribution in [0.1, 0.15) is 38.1 Å². The minimum Gasteiger partial charge on any atom is -0.376 e. The number of nitrogens with one attached hydrogen (secondary N) is 3. The first-order valence-electron chi connectivity index (χ1n) is 6.65. The van der Waals surface area contributed by atoms with Gasteiger partial charge in [0.1, 0.15) is 0 Å². The predicted molar refractivity (Wildman–Crippen MR) is 81.4 cm³/mol. The highest BCUT2D eigenvalue weighted by atomic mass is 16.2. The molecule has 21 heavy (non-hydrogen) atoms. The zero-order chi connectivity index (χ0) is 16.0. The molecule has 1 rings (SSSR count). The SMILES string of the molecule is CC(=O)c1ccccc1NCC(=O)NC(=O)NC(C)(C)C. The van der Waals surface area contributed by atoms with Gasteiger partial charge in [-0.05, 0) is 39.8 Å². The molecule has 0 unspecified atom stereocenters. The average Bonchev–Trinajstić information content (AvgIpc) is 2.34. The van der Waals surface area contributed by atoms with Gasteiger partial charge in [-0.2, -0.15) is 0 Å². The summed E-state index contributed by atoms with van der Waals surface area (Å²) in [5, 5.41) is 7.69. The van der Waals surface area contributed by atoms with E-state index in [1.165, 1.54) is 6.92 Å². The molecule has 0 saturated carbocycles. The van der Waals surface area contributed by atoms with Crippen LogP contribution in [0.25, 0.3) is 0 Å². The lowest BCUT2D eigenvalue weighted by atomic mass is 10.1. The second-order valence-corrected chi connectivity index (χ2v) is 5.71. The van der Waals surface area contributed by atoms with Gasteiger partial charge >= 0.3 is 6.03 Å². The van der Waals surface area contributed by atoms with Crippen LogP contribution >= 0.6 is 0 Å². The van der Waals surface area contributed by atoms with Crippen molar-refractivity contribution in [3.63, 3.8) is 0 Å². The van der Waals surface area contributed by atoms with Gasteiger partial charge in [0.25, 0.3) is 0 Å². The number of hydrogen-bond acceptors (Lipinski definition) is 4. The summed E-state index contributed by atoms with van der Waals surface area (Å²) in [5.41, 5.74) is 0.653. The molecule has 0 fully saturated rings. The van der Waals surface area contributed by atoms with Crippen LogP contribution < -0.4 is 16.0 Å². The van der Waals surface area contributed by atoms with Crippen LogP contribution in [0, 0.1) is 0 Å². The number of carbonyl (C=O) groups excluding carboxylic acids is 3. The number of rotatable bonds is 4. The minimum atomic E-state index is -0.547. The van der Waals surface area contributed by atoms with Crippen molar-refractivity contribution < 1.29 is 14.4 Å². The first kappa shape index (κ1) is 16.7. The van der Waals surface area contributed by atoms with Gasteiger partial charge in [-0.25, -0.2) is 4.79 Å². The lowest BCUT2D eigenvalue weighted by molar-refractivity contribution is -0.118. The highest BCUT2D eigenvalue weighted by Crippen LogP contribution is 2.14. The lowest BCUT2D eigenvalue weighted by Crippen LogP contribution is -2.49. The topological polar surface area (TPSA) is 87.3 Å². The van der Waals surface area contributed by atoms with Crippen LogP contribution in [0.4, 0.5) is 10.5 Å². The van der Waals surface area contributed by atoms with Gasteiger partial charge in [-0.1, -0.05) is 12.1 Å².